The minimum Gasteiger partial charge on any atom is -0.456 e. The first-order valence-corrected chi connectivity index (χ1v) is 9.97. The molecule has 8 nitrogen and oxygen atoms in total. The van der Waals surface area contributed by atoms with Crippen molar-refractivity contribution in [2.24, 2.45) is 4.99 Å². The van der Waals surface area contributed by atoms with Crippen molar-refractivity contribution in [3.63, 3.8) is 0 Å². The zero-order valence-electron chi connectivity index (χ0n) is 14.8. The highest BCUT2D eigenvalue weighted by Gasteiger charge is 2.29. The molecule has 0 spiro atoms. The van der Waals surface area contributed by atoms with Crippen LogP contribution in [0.1, 0.15) is 38.7 Å². The van der Waals surface area contributed by atoms with Crippen LogP contribution < -0.4 is 10.0 Å². The number of ether oxygens (including phenoxy) is 1. The predicted octanol–water partition coefficient (Wildman–Crippen LogP) is 0.963. The topological polar surface area (TPSA) is 114 Å². The molecule has 1 aromatic rings. The summed E-state index contributed by atoms with van der Waals surface area (Å²) in [4.78, 5) is 27.7. The van der Waals surface area contributed by atoms with Gasteiger partial charge < -0.3 is 10.1 Å². The highest BCUT2D eigenvalue weighted by molar-refractivity contribution is 7.90. The van der Waals surface area contributed by atoms with Gasteiger partial charge in [0.25, 0.3) is 15.9 Å². The smallest absolute Gasteiger partial charge is 0.308 e. The Morgan fingerprint density at radius 3 is 2.62 bits per heavy atom. The van der Waals surface area contributed by atoms with Crippen molar-refractivity contribution in [1.29, 1.82) is 0 Å². The average Bonchev–Trinajstić information content (AvgIpc) is 2.89. The van der Waals surface area contributed by atoms with Gasteiger partial charge in [-0.25, -0.2) is 8.42 Å². The molecular weight excluding hydrogens is 358 g/mol. The second kappa shape index (κ2) is 8.79. The summed E-state index contributed by atoms with van der Waals surface area (Å²) in [5, 5.41) is 2.77. The summed E-state index contributed by atoms with van der Waals surface area (Å²) < 4.78 is 31.2. The molecule has 0 saturated heterocycles. The van der Waals surface area contributed by atoms with Gasteiger partial charge in [-0.15, -0.1) is 0 Å². The van der Waals surface area contributed by atoms with E-state index in [9.17, 15) is 18.0 Å². The normalized spacial score (nSPS) is 16.2. The lowest BCUT2D eigenvalue weighted by Crippen LogP contribution is -2.36. The molecule has 1 aliphatic heterocycles. The zero-order chi connectivity index (χ0) is 19.2. The second-order valence-electron chi connectivity index (χ2n) is 5.82. The van der Waals surface area contributed by atoms with Gasteiger partial charge in [-0.2, -0.15) is 0 Å². The second-order valence-corrected chi connectivity index (χ2v) is 7.47. The third kappa shape index (κ3) is 5.04. The minimum absolute atomic E-state index is 0.0499. The number of benzene rings is 1. The number of aliphatic imine (C=N–C) groups is 1. The van der Waals surface area contributed by atoms with Gasteiger partial charge in [0.1, 0.15) is 5.84 Å². The number of amides is 1. The van der Waals surface area contributed by atoms with E-state index in [1.54, 1.807) is 18.2 Å². The lowest BCUT2D eigenvalue weighted by atomic mass is 10.2. The van der Waals surface area contributed by atoms with Gasteiger partial charge in [0.15, 0.2) is 6.61 Å². The molecule has 1 amide bonds. The number of esters is 1. The number of carbonyl (C=O) groups excluding carboxylic acids is 2. The van der Waals surface area contributed by atoms with Crippen LogP contribution in [0.4, 0.5) is 0 Å². The molecule has 9 heteroatoms. The number of nitrogens with one attached hydrogen (secondary N) is 2. The van der Waals surface area contributed by atoms with E-state index in [0.29, 0.717) is 5.56 Å². The van der Waals surface area contributed by atoms with Crippen LogP contribution in [0, 0.1) is 0 Å². The maximum atomic E-state index is 11.9. The van der Waals surface area contributed by atoms with Crippen LogP contribution in [0.15, 0.2) is 34.2 Å². The summed E-state index contributed by atoms with van der Waals surface area (Å²) in [5.41, 5.74) is 0.477. The van der Waals surface area contributed by atoms with Crippen LogP contribution in [0.2, 0.25) is 0 Å². The van der Waals surface area contributed by atoms with Crippen LogP contribution in [0.3, 0.4) is 0 Å². The van der Waals surface area contributed by atoms with Crippen LogP contribution in [-0.2, 0) is 24.3 Å². The highest BCUT2D eigenvalue weighted by atomic mass is 32.2. The Morgan fingerprint density at radius 2 is 1.92 bits per heavy atom. The quantitative estimate of drug-likeness (QED) is 0.651. The third-order valence-corrected chi connectivity index (χ3v) is 5.36. The first-order valence-electron chi connectivity index (χ1n) is 8.49. The average molecular weight is 381 g/mol. The van der Waals surface area contributed by atoms with E-state index in [2.05, 4.69) is 15.0 Å². The molecule has 2 N–H and O–H groups in total. The van der Waals surface area contributed by atoms with E-state index in [1.807, 2.05) is 13.8 Å². The predicted molar refractivity (Wildman–Crippen MR) is 96.3 cm³/mol. The van der Waals surface area contributed by atoms with Crippen molar-refractivity contribution in [3.05, 3.63) is 29.8 Å². The Labute approximate surface area is 153 Å². The summed E-state index contributed by atoms with van der Waals surface area (Å²) in [7, 11) is -3.59. The fourth-order valence-electron chi connectivity index (χ4n) is 2.49. The largest absolute Gasteiger partial charge is 0.456 e. The molecule has 0 atom stereocenters. The Kier molecular flexibility index (Phi) is 6.73. The first-order chi connectivity index (χ1) is 12.4. The summed E-state index contributed by atoms with van der Waals surface area (Å²) in [6.07, 6.45) is 1.57. The van der Waals surface area contributed by atoms with Gasteiger partial charge in [-0.05, 0) is 25.0 Å². The number of carbonyl (C=O) groups is 2. The van der Waals surface area contributed by atoms with Crippen molar-refractivity contribution in [1.82, 2.24) is 10.0 Å². The lowest BCUT2D eigenvalue weighted by Gasteiger charge is -2.14. The molecule has 1 aliphatic rings. The van der Waals surface area contributed by atoms with Gasteiger partial charge in [0.2, 0.25) is 0 Å². The fourth-order valence-corrected chi connectivity index (χ4v) is 3.74. The number of nitrogens with zero attached hydrogens (tertiary/aromatic N) is 1. The summed E-state index contributed by atoms with van der Waals surface area (Å²) >= 11 is 0. The molecule has 142 valence electrons. The Bertz CT molecular complexity index is 800. The van der Waals surface area contributed by atoms with Gasteiger partial charge in [0.05, 0.1) is 17.9 Å². The van der Waals surface area contributed by atoms with Gasteiger partial charge in [-0.3, -0.25) is 19.3 Å². The Balaban J connectivity index is 1.82. The number of amidine groups is 1. The number of fused-ring (bicyclic) bond motifs is 1. The van der Waals surface area contributed by atoms with Crippen LogP contribution in [0.25, 0.3) is 0 Å². The molecule has 26 heavy (non-hydrogen) atoms. The molecular formula is C17H23N3O5S. The van der Waals surface area contributed by atoms with Crippen molar-refractivity contribution in [2.45, 2.75) is 44.0 Å². The summed E-state index contributed by atoms with van der Waals surface area (Å²) in [5.74, 6) is -0.695. The lowest BCUT2D eigenvalue weighted by molar-refractivity contribution is -0.148. The van der Waals surface area contributed by atoms with Crippen molar-refractivity contribution in [3.8, 4) is 0 Å². The molecule has 0 saturated carbocycles. The molecule has 0 fully saturated rings. The third-order valence-electron chi connectivity index (χ3n) is 3.96. The standard InChI is InChI=1S/C17H23N3O5S/c1-3-12(4-2)19-15(21)11-25-16(22)9-10-18-17-13-7-5-6-8-14(13)26(23,24)20-17/h5-8,12H,3-4,9-11H2,1-2H3,(H,18,20)(H,19,21). The molecule has 1 heterocycles. The van der Waals surface area contributed by atoms with Crippen molar-refractivity contribution in [2.75, 3.05) is 13.2 Å². The zero-order valence-corrected chi connectivity index (χ0v) is 15.6. The molecule has 0 radical (unpaired) electrons. The molecule has 0 aliphatic carbocycles. The van der Waals surface area contributed by atoms with E-state index >= 15 is 0 Å². The number of hydrogen-bond donors (Lipinski definition) is 2. The highest BCUT2D eigenvalue weighted by Crippen LogP contribution is 2.22. The molecule has 2 rings (SSSR count). The molecule has 0 aromatic heterocycles. The van der Waals surface area contributed by atoms with E-state index in [-0.39, 0.29) is 42.3 Å². The first kappa shape index (κ1) is 19.9. The van der Waals surface area contributed by atoms with Crippen LogP contribution in [0.5, 0.6) is 0 Å². The van der Waals surface area contributed by atoms with Gasteiger partial charge in [0, 0.05) is 11.6 Å². The maximum absolute atomic E-state index is 11.9. The maximum Gasteiger partial charge on any atom is 0.308 e. The number of hydrogen-bond acceptors (Lipinski definition) is 6. The monoisotopic (exact) mass is 381 g/mol. The fraction of sp³-hybridized carbons (Fsp3) is 0.471. The van der Waals surface area contributed by atoms with Gasteiger partial charge in [-0.1, -0.05) is 26.0 Å². The minimum atomic E-state index is -3.59. The summed E-state index contributed by atoms with van der Waals surface area (Å²) in [6, 6.07) is 6.55. The Hall–Kier alpha value is -2.42. The number of sulfonamides is 1. The van der Waals surface area contributed by atoms with E-state index in [1.165, 1.54) is 6.07 Å². The van der Waals surface area contributed by atoms with Crippen LogP contribution in [-0.4, -0.2) is 45.3 Å². The molecule has 1 aromatic carbocycles. The Morgan fingerprint density at radius 1 is 1.23 bits per heavy atom. The van der Waals surface area contributed by atoms with Crippen molar-refractivity contribution >= 4 is 27.7 Å². The van der Waals surface area contributed by atoms with E-state index in [0.717, 1.165) is 12.8 Å². The van der Waals surface area contributed by atoms with Crippen molar-refractivity contribution < 1.29 is 22.7 Å². The summed E-state index contributed by atoms with van der Waals surface area (Å²) in [6.45, 7) is 3.66. The molecule has 0 bridgehead atoms. The molecule has 0 unspecified atom stereocenters. The number of rotatable bonds is 8. The van der Waals surface area contributed by atoms with E-state index < -0.39 is 16.0 Å². The van der Waals surface area contributed by atoms with E-state index in [4.69, 9.17) is 4.74 Å². The van der Waals surface area contributed by atoms with Gasteiger partial charge >= 0.3 is 5.97 Å². The van der Waals surface area contributed by atoms with Crippen LogP contribution >= 0.6 is 0 Å². The SMILES string of the molecule is CCC(CC)NC(=O)COC(=O)CCN=C1NS(=O)(=O)c2ccccc21.